The number of rotatable bonds is 12. The van der Waals surface area contributed by atoms with Crippen LogP contribution in [-0.4, -0.2) is 29.7 Å². The Kier molecular flexibility index (Phi) is 9.18. The van der Waals surface area contributed by atoms with E-state index in [0.29, 0.717) is 17.9 Å². The number of nitrogens with two attached hydrogens (primary N) is 1. The Labute approximate surface area is 171 Å². The van der Waals surface area contributed by atoms with Crippen molar-refractivity contribution in [2.45, 2.75) is 51.5 Å². The molecule has 2 aromatic rings. The van der Waals surface area contributed by atoms with E-state index in [1.165, 1.54) is 25.7 Å². The van der Waals surface area contributed by atoms with Crippen LogP contribution < -0.4 is 15.2 Å². The Morgan fingerprint density at radius 1 is 0.931 bits per heavy atom. The smallest absolute Gasteiger partial charge is 0.343 e. The number of carboxylic acid groups (broad SMARTS) is 1. The summed E-state index contributed by atoms with van der Waals surface area (Å²) in [5.74, 6) is -0.401. The number of esters is 1. The number of carbonyl (C=O) groups is 2. The zero-order valence-electron chi connectivity index (χ0n) is 16.8. The normalized spacial score (nSPS) is 11.7. The Balaban J connectivity index is 1.80. The average molecular weight is 399 g/mol. The molecule has 0 aliphatic carbocycles. The molecule has 2 rings (SSSR count). The summed E-state index contributed by atoms with van der Waals surface area (Å²) < 4.78 is 11.1. The van der Waals surface area contributed by atoms with Gasteiger partial charge < -0.3 is 20.3 Å². The summed E-state index contributed by atoms with van der Waals surface area (Å²) in [5, 5.41) is 8.85. The van der Waals surface area contributed by atoms with Crippen molar-refractivity contribution in [3.05, 3.63) is 59.7 Å². The zero-order chi connectivity index (χ0) is 21.1. The van der Waals surface area contributed by atoms with Gasteiger partial charge >= 0.3 is 11.9 Å². The van der Waals surface area contributed by atoms with Crippen molar-refractivity contribution in [3.63, 3.8) is 0 Å². The van der Waals surface area contributed by atoms with Gasteiger partial charge in [0.1, 0.15) is 17.5 Å². The maximum atomic E-state index is 12.3. The first-order valence-electron chi connectivity index (χ1n) is 10.0. The highest BCUT2D eigenvalue weighted by molar-refractivity contribution is 5.91. The van der Waals surface area contributed by atoms with Crippen molar-refractivity contribution in [2.24, 2.45) is 5.73 Å². The highest BCUT2D eigenvalue weighted by Gasteiger charge is 2.13. The lowest BCUT2D eigenvalue weighted by molar-refractivity contribution is -0.138. The van der Waals surface area contributed by atoms with Gasteiger partial charge in [-0.05, 0) is 54.8 Å². The number of hydrogen-bond donors (Lipinski definition) is 2. The largest absolute Gasteiger partial charge is 0.494 e. The fourth-order valence-electron chi connectivity index (χ4n) is 2.78. The van der Waals surface area contributed by atoms with Crippen LogP contribution in [0.1, 0.15) is 54.9 Å². The lowest BCUT2D eigenvalue weighted by atomic mass is 10.1. The van der Waals surface area contributed by atoms with Crippen LogP contribution in [0.4, 0.5) is 0 Å². The molecule has 0 aliphatic heterocycles. The van der Waals surface area contributed by atoms with E-state index in [0.717, 1.165) is 17.7 Å². The van der Waals surface area contributed by atoms with E-state index < -0.39 is 18.0 Å². The van der Waals surface area contributed by atoms with Gasteiger partial charge in [0.2, 0.25) is 0 Å². The van der Waals surface area contributed by atoms with Gasteiger partial charge in [0.05, 0.1) is 12.2 Å². The summed E-state index contributed by atoms with van der Waals surface area (Å²) in [7, 11) is 0. The zero-order valence-corrected chi connectivity index (χ0v) is 16.8. The topological polar surface area (TPSA) is 98.9 Å². The molecule has 29 heavy (non-hydrogen) atoms. The summed E-state index contributed by atoms with van der Waals surface area (Å²) in [5.41, 5.74) is 6.71. The lowest BCUT2D eigenvalue weighted by Crippen LogP contribution is -2.32. The molecule has 0 radical (unpaired) electrons. The van der Waals surface area contributed by atoms with Crippen LogP contribution in [0.3, 0.4) is 0 Å². The van der Waals surface area contributed by atoms with Gasteiger partial charge in [-0.2, -0.15) is 0 Å². The first-order valence-corrected chi connectivity index (χ1v) is 10.0. The fourth-order valence-corrected chi connectivity index (χ4v) is 2.78. The molecule has 0 amide bonds. The van der Waals surface area contributed by atoms with Gasteiger partial charge in [0.15, 0.2) is 0 Å². The first kappa shape index (κ1) is 22.4. The van der Waals surface area contributed by atoms with Crippen molar-refractivity contribution in [2.75, 3.05) is 6.61 Å². The lowest BCUT2D eigenvalue weighted by Gasteiger charge is -2.09. The third-order valence-corrected chi connectivity index (χ3v) is 4.51. The molecule has 2 aromatic carbocycles. The maximum Gasteiger partial charge on any atom is 0.343 e. The highest BCUT2D eigenvalue weighted by Crippen LogP contribution is 2.17. The number of carbonyl (C=O) groups excluding carboxylic acids is 1. The molecular formula is C23H29NO5. The number of benzene rings is 2. The van der Waals surface area contributed by atoms with Gasteiger partial charge in [-0.25, -0.2) is 4.79 Å². The van der Waals surface area contributed by atoms with Gasteiger partial charge in [-0.15, -0.1) is 0 Å². The van der Waals surface area contributed by atoms with Gasteiger partial charge in [-0.1, -0.05) is 44.7 Å². The summed E-state index contributed by atoms with van der Waals surface area (Å²) in [6, 6.07) is 12.6. The van der Waals surface area contributed by atoms with Crippen LogP contribution in [0, 0.1) is 0 Å². The Morgan fingerprint density at radius 2 is 1.55 bits per heavy atom. The third kappa shape index (κ3) is 7.95. The summed E-state index contributed by atoms with van der Waals surface area (Å²) in [6.07, 6.45) is 6.12. The first-order chi connectivity index (χ1) is 14.0. The van der Waals surface area contributed by atoms with Crippen LogP contribution >= 0.6 is 0 Å². The molecule has 0 saturated heterocycles. The molecule has 0 bridgehead atoms. The molecule has 156 valence electrons. The molecule has 0 fully saturated rings. The van der Waals surface area contributed by atoms with Crippen molar-refractivity contribution < 1.29 is 24.2 Å². The molecule has 0 saturated carbocycles. The molecular weight excluding hydrogens is 370 g/mol. The van der Waals surface area contributed by atoms with E-state index in [4.69, 9.17) is 20.3 Å². The standard InChI is InChI=1S/C23H29NO5/c1-2-3-4-5-6-15-28-19-13-9-18(10-14-19)23(27)29-20-11-7-17(8-12-20)16-21(24)22(25)26/h7-14,21H,2-6,15-16,24H2,1H3,(H,25,26). The fraction of sp³-hybridized carbons (Fsp3) is 0.391. The van der Waals surface area contributed by atoms with E-state index in [-0.39, 0.29) is 6.42 Å². The van der Waals surface area contributed by atoms with Crippen LogP contribution in [-0.2, 0) is 11.2 Å². The number of carboxylic acids is 1. The van der Waals surface area contributed by atoms with Crippen LogP contribution in [0.15, 0.2) is 48.5 Å². The highest BCUT2D eigenvalue weighted by atomic mass is 16.5. The minimum absolute atomic E-state index is 0.212. The molecule has 1 unspecified atom stereocenters. The number of unbranched alkanes of at least 4 members (excludes halogenated alkanes) is 4. The number of aliphatic carboxylic acids is 1. The van der Waals surface area contributed by atoms with E-state index in [9.17, 15) is 9.59 Å². The Bertz CT molecular complexity index is 771. The number of hydrogen-bond acceptors (Lipinski definition) is 5. The monoisotopic (exact) mass is 399 g/mol. The minimum Gasteiger partial charge on any atom is -0.494 e. The molecule has 6 nitrogen and oxygen atoms in total. The van der Waals surface area contributed by atoms with Crippen molar-refractivity contribution in [1.82, 2.24) is 0 Å². The Morgan fingerprint density at radius 3 is 2.17 bits per heavy atom. The quantitative estimate of drug-likeness (QED) is 0.315. The summed E-state index contributed by atoms with van der Waals surface area (Å²) >= 11 is 0. The van der Waals surface area contributed by atoms with Crippen LogP contribution in [0.5, 0.6) is 11.5 Å². The second kappa shape index (κ2) is 11.9. The SMILES string of the molecule is CCCCCCCOc1ccc(C(=O)Oc2ccc(CC(N)C(=O)O)cc2)cc1. The second-order valence-electron chi connectivity index (χ2n) is 6.97. The summed E-state index contributed by atoms with van der Waals surface area (Å²) in [6.45, 7) is 2.86. The van der Waals surface area contributed by atoms with Crippen LogP contribution in [0.2, 0.25) is 0 Å². The molecule has 0 spiro atoms. The van der Waals surface area contributed by atoms with Crippen molar-refractivity contribution in [3.8, 4) is 11.5 Å². The predicted octanol–water partition coefficient (Wildman–Crippen LogP) is 4.21. The van der Waals surface area contributed by atoms with E-state index in [2.05, 4.69) is 6.92 Å². The second-order valence-corrected chi connectivity index (χ2v) is 6.97. The van der Waals surface area contributed by atoms with Crippen molar-refractivity contribution >= 4 is 11.9 Å². The minimum atomic E-state index is -1.05. The molecule has 0 heterocycles. The van der Waals surface area contributed by atoms with E-state index in [1.807, 2.05) is 0 Å². The number of ether oxygens (including phenoxy) is 2. The molecule has 3 N–H and O–H groups in total. The predicted molar refractivity (Wildman–Crippen MR) is 111 cm³/mol. The molecule has 1 atom stereocenters. The summed E-state index contributed by atoms with van der Waals surface area (Å²) in [4.78, 5) is 23.1. The van der Waals surface area contributed by atoms with E-state index >= 15 is 0 Å². The van der Waals surface area contributed by atoms with Gasteiger partial charge in [-0.3, -0.25) is 4.79 Å². The molecule has 0 aliphatic rings. The molecule has 6 heteroatoms. The molecule has 0 aromatic heterocycles. The van der Waals surface area contributed by atoms with Crippen molar-refractivity contribution in [1.29, 1.82) is 0 Å². The third-order valence-electron chi connectivity index (χ3n) is 4.51. The van der Waals surface area contributed by atoms with Crippen LogP contribution in [0.25, 0.3) is 0 Å². The Hall–Kier alpha value is -2.86. The average Bonchev–Trinajstić information content (AvgIpc) is 2.72. The van der Waals surface area contributed by atoms with Gasteiger partial charge in [0, 0.05) is 0 Å². The maximum absolute atomic E-state index is 12.3. The van der Waals surface area contributed by atoms with Gasteiger partial charge in [0.25, 0.3) is 0 Å². The van der Waals surface area contributed by atoms with E-state index in [1.54, 1.807) is 48.5 Å².